The van der Waals surface area contributed by atoms with Gasteiger partial charge < -0.3 is 9.47 Å². The van der Waals surface area contributed by atoms with E-state index in [9.17, 15) is 0 Å². The first-order chi connectivity index (χ1) is 5.87. The smallest absolute Gasteiger partial charge is 0.0522 e. The van der Waals surface area contributed by atoms with Crippen molar-refractivity contribution < 1.29 is 9.47 Å². The number of ether oxygens (including phenoxy) is 2. The summed E-state index contributed by atoms with van der Waals surface area (Å²) >= 11 is 2.52. The molecule has 2 aliphatic rings. The molecule has 3 heteroatoms. The maximum absolute atomic E-state index is 5.40. The van der Waals surface area contributed by atoms with E-state index >= 15 is 0 Å². The van der Waals surface area contributed by atoms with Crippen LogP contribution in [-0.4, -0.2) is 30.9 Å². The summed E-state index contributed by atoms with van der Waals surface area (Å²) in [6.07, 6.45) is 2.48. The summed E-state index contributed by atoms with van der Waals surface area (Å²) < 4.78 is 11.9. The number of hydrogen-bond acceptors (Lipinski definition) is 2. The first-order valence-corrected chi connectivity index (χ1v) is 6.11. The highest BCUT2D eigenvalue weighted by Gasteiger charge is 2.42. The van der Waals surface area contributed by atoms with Crippen molar-refractivity contribution in [2.75, 3.05) is 30.9 Å². The summed E-state index contributed by atoms with van der Waals surface area (Å²) in [6, 6.07) is 0. The average Bonchev–Trinajstić information content (AvgIpc) is 2.03. The van der Waals surface area contributed by atoms with E-state index in [0.717, 1.165) is 32.3 Å². The standard InChI is InChI=1S/C9H15IO2/c10-7-9(8-5-12-6-8)1-3-11-4-2-9/h8H,1-7H2. The molecule has 70 valence electrons. The number of rotatable bonds is 2. The highest BCUT2D eigenvalue weighted by Crippen LogP contribution is 2.43. The monoisotopic (exact) mass is 282 g/mol. The molecule has 2 heterocycles. The van der Waals surface area contributed by atoms with Crippen molar-refractivity contribution in [3.05, 3.63) is 0 Å². The highest BCUT2D eigenvalue weighted by molar-refractivity contribution is 14.1. The molecular weight excluding hydrogens is 267 g/mol. The lowest BCUT2D eigenvalue weighted by Crippen LogP contribution is -2.47. The van der Waals surface area contributed by atoms with Crippen LogP contribution in [-0.2, 0) is 9.47 Å². The molecule has 0 aromatic carbocycles. The van der Waals surface area contributed by atoms with Crippen LogP contribution in [0.5, 0.6) is 0 Å². The Morgan fingerprint density at radius 1 is 1.17 bits per heavy atom. The first kappa shape index (κ1) is 9.21. The van der Waals surface area contributed by atoms with E-state index in [-0.39, 0.29) is 0 Å². The van der Waals surface area contributed by atoms with Crippen LogP contribution in [0, 0.1) is 11.3 Å². The number of hydrogen-bond donors (Lipinski definition) is 0. The molecule has 0 amide bonds. The van der Waals surface area contributed by atoms with Crippen LogP contribution in [0.3, 0.4) is 0 Å². The Balaban J connectivity index is 2.00. The lowest BCUT2D eigenvalue weighted by Gasteiger charge is -2.46. The molecule has 2 fully saturated rings. The zero-order valence-corrected chi connectivity index (χ0v) is 9.38. The predicted molar refractivity (Wildman–Crippen MR) is 55.7 cm³/mol. The van der Waals surface area contributed by atoms with Gasteiger partial charge >= 0.3 is 0 Å². The van der Waals surface area contributed by atoms with Crippen molar-refractivity contribution in [3.8, 4) is 0 Å². The van der Waals surface area contributed by atoms with Crippen LogP contribution in [0.1, 0.15) is 12.8 Å². The van der Waals surface area contributed by atoms with Crippen LogP contribution >= 0.6 is 22.6 Å². The van der Waals surface area contributed by atoms with Crippen molar-refractivity contribution in [2.24, 2.45) is 11.3 Å². The van der Waals surface area contributed by atoms with Crippen LogP contribution in [0.2, 0.25) is 0 Å². The SMILES string of the molecule is ICC1(C2COC2)CCOCC1. The van der Waals surface area contributed by atoms with Crippen LogP contribution in [0.15, 0.2) is 0 Å². The Morgan fingerprint density at radius 3 is 2.25 bits per heavy atom. The van der Waals surface area contributed by atoms with E-state index in [1.54, 1.807) is 0 Å². The minimum Gasteiger partial charge on any atom is -0.381 e. The van der Waals surface area contributed by atoms with Crippen molar-refractivity contribution in [1.82, 2.24) is 0 Å². The molecule has 2 aliphatic heterocycles. The third-order valence-electron chi connectivity index (χ3n) is 3.26. The Kier molecular flexibility index (Phi) is 2.92. The zero-order chi connectivity index (χ0) is 8.44. The van der Waals surface area contributed by atoms with Crippen molar-refractivity contribution in [2.45, 2.75) is 12.8 Å². The highest BCUT2D eigenvalue weighted by atomic mass is 127. The Hall–Kier alpha value is 0.650. The van der Waals surface area contributed by atoms with Gasteiger partial charge in [-0.3, -0.25) is 0 Å². The van der Waals surface area contributed by atoms with Crippen LogP contribution < -0.4 is 0 Å². The van der Waals surface area contributed by atoms with Gasteiger partial charge in [0.2, 0.25) is 0 Å². The maximum Gasteiger partial charge on any atom is 0.0522 e. The maximum atomic E-state index is 5.40. The second-order valence-electron chi connectivity index (χ2n) is 3.84. The van der Waals surface area contributed by atoms with E-state index in [1.165, 1.54) is 17.3 Å². The minimum absolute atomic E-state index is 0.553. The van der Waals surface area contributed by atoms with Gasteiger partial charge in [0.25, 0.3) is 0 Å². The summed E-state index contributed by atoms with van der Waals surface area (Å²) in [5.41, 5.74) is 0.553. The van der Waals surface area contributed by atoms with Gasteiger partial charge in [0.15, 0.2) is 0 Å². The average molecular weight is 282 g/mol. The van der Waals surface area contributed by atoms with E-state index in [1.807, 2.05) is 0 Å². The Morgan fingerprint density at radius 2 is 1.83 bits per heavy atom. The number of halogens is 1. The molecule has 0 radical (unpaired) electrons. The molecule has 0 atom stereocenters. The predicted octanol–water partition coefficient (Wildman–Crippen LogP) is 1.86. The molecule has 2 saturated heterocycles. The quantitative estimate of drug-likeness (QED) is 0.568. The first-order valence-electron chi connectivity index (χ1n) is 4.59. The molecule has 0 aliphatic carbocycles. The number of alkyl halides is 1. The molecule has 0 saturated carbocycles. The fourth-order valence-electron chi connectivity index (χ4n) is 2.02. The van der Waals surface area contributed by atoms with Gasteiger partial charge in [-0.25, -0.2) is 0 Å². The van der Waals surface area contributed by atoms with Gasteiger partial charge in [0.1, 0.15) is 0 Å². The van der Waals surface area contributed by atoms with Gasteiger partial charge in [-0.2, -0.15) is 0 Å². The van der Waals surface area contributed by atoms with E-state index in [4.69, 9.17) is 9.47 Å². The fourth-order valence-corrected chi connectivity index (χ4v) is 3.40. The minimum atomic E-state index is 0.553. The molecule has 0 aromatic rings. The molecule has 2 nitrogen and oxygen atoms in total. The van der Waals surface area contributed by atoms with Gasteiger partial charge in [-0.05, 0) is 18.3 Å². The summed E-state index contributed by atoms with van der Waals surface area (Å²) in [7, 11) is 0. The van der Waals surface area contributed by atoms with Gasteiger partial charge in [0, 0.05) is 23.6 Å². The van der Waals surface area contributed by atoms with E-state index < -0.39 is 0 Å². The molecular formula is C9H15IO2. The van der Waals surface area contributed by atoms with Crippen molar-refractivity contribution >= 4 is 22.6 Å². The molecule has 0 aromatic heterocycles. The van der Waals surface area contributed by atoms with Gasteiger partial charge in [0.05, 0.1) is 13.2 Å². The second kappa shape index (κ2) is 3.80. The third-order valence-corrected chi connectivity index (χ3v) is 4.78. The normalized spacial score (nSPS) is 29.8. The molecule has 0 bridgehead atoms. The Bertz CT molecular complexity index is 151. The molecule has 0 unspecified atom stereocenters. The second-order valence-corrected chi connectivity index (χ2v) is 4.61. The Labute approximate surface area is 87.1 Å². The fraction of sp³-hybridized carbons (Fsp3) is 1.00. The molecule has 2 rings (SSSR count). The van der Waals surface area contributed by atoms with E-state index in [0.29, 0.717) is 5.41 Å². The largest absolute Gasteiger partial charge is 0.381 e. The molecule has 0 N–H and O–H groups in total. The van der Waals surface area contributed by atoms with Crippen LogP contribution in [0.4, 0.5) is 0 Å². The van der Waals surface area contributed by atoms with E-state index in [2.05, 4.69) is 22.6 Å². The summed E-state index contributed by atoms with van der Waals surface area (Å²) in [6.45, 7) is 3.89. The third kappa shape index (κ3) is 1.51. The lowest BCUT2D eigenvalue weighted by atomic mass is 9.70. The molecule has 0 spiro atoms. The summed E-state index contributed by atoms with van der Waals surface area (Å²) in [4.78, 5) is 0. The summed E-state index contributed by atoms with van der Waals surface area (Å²) in [5, 5.41) is 0. The lowest BCUT2D eigenvalue weighted by molar-refractivity contribution is -0.121. The zero-order valence-electron chi connectivity index (χ0n) is 7.22. The topological polar surface area (TPSA) is 18.5 Å². The van der Waals surface area contributed by atoms with Gasteiger partial charge in [-0.15, -0.1) is 0 Å². The van der Waals surface area contributed by atoms with Crippen molar-refractivity contribution in [3.63, 3.8) is 0 Å². The van der Waals surface area contributed by atoms with Gasteiger partial charge in [-0.1, -0.05) is 22.6 Å². The molecule has 12 heavy (non-hydrogen) atoms. The summed E-state index contributed by atoms with van der Waals surface area (Å²) in [5.74, 6) is 0.818. The van der Waals surface area contributed by atoms with Crippen molar-refractivity contribution in [1.29, 1.82) is 0 Å². The van der Waals surface area contributed by atoms with Crippen LogP contribution in [0.25, 0.3) is 0 Å².